The van der Waals surface area contributed by atoms with Crippen LogP contribution in [0.25, 0.3) is 11.3 Å². The lowest BCUT2D eigenvalue weighted by Gasteiger charge is -2.03. The molecule has 24 heavy (non-hydrogen) atoms. The van der Waals surface area contributed by atoms with Crippen molar-refractivity contribution in [2.45, 2.75) is 33.6 Å². The topological polar surface area (TPSA) is 54.9 Å². The van der Waals surface area contributed by atoms with Gasteiger partial charge in [-0.05, 0) is 20.3 Å². The second kappa shape index (κ2) is 7.23. The lowest BCUT2D eigenvalue weighted by Crippen LogP contribution is -2.14. The molecule has 0 aliphatic heterocycles. The summed E-state index contributed by atoms with van der Waals surface area (Å²) in [5.74, 6) is -0.0489. The van der Waals surface area contributed by atoms with Gasteiger partial charge in [-0.15, -0.1) is 22.7 Å². The Balaban J connectivity index is 1.77. The molecule has 0 aliphatic rings. The zero-order valence-corrected chi connectivity index (χ0v) is 15.6. The van der Waals surface area contributed by atoms with Crippen LogP contribution in [0, 0.1) is 13.8 Å². The SMILES string of the molecule is CCc1nc(NC(=O)Cc2sc(C)nc2-c2ccccc2)sc1C. The summed E-state index contributed by atoms with van der Waals surface area (Å²) in [6.45, 7) is 6.07. The quantitative estimate of drug-likeness (QED) is 0.724. The molecule has 2 heterocycles. The molecule has 0 spiro atoms. The van der Waals surface area contributed by atoms with Crippen molar-refractivity contribution in [1.82, 2.24) is 9.97 Å². The van der Waals surface area contributed by atoms with Crippen molar-refractivity contribution in [1.29, 1.82) is 0 Å². The maximum Gasteiger partial charge on any atom is 0.231 e. The van der Waals surface area contributed by atoms with E-state index in [0.717, 1.165) is 38.1 Å². The van der Waals surface area contributed by atoms with E-state index in [1.807, 2.05) is 44.2 Å². The van der Waals surface area contributed by atoms with E-state index >= 15 is 0 Å². The number of anilines is 1. The minimum absolute atomic E-state index is 0.0489. The van der Waals surface area contributed by atoms with Crippen LogP contribution in [-0.4, -0.2) is 15.9 Å². The summed E-state index contributed by atoms with van der Waals surface area (Å²) in [6, 6.07) is 9.99. The van der Waals surface area contributed by atoms with Crippen LogP contribution in [0.15, 0.2) is 30.3 Å². The standard InChI is InChI=1S/C18H19N3OS2/c1-4-14-11(2)23-18(20-14)21-16(22)10-15-17(19-12(3)24-15)13-8-6-5-7-9-13/h5-9H,4,10H2,1-3H3,(H,20,21,22). The molecule has 0 fully saturated rings. The van der Waals surface area contributed by atoms with Gasteiger partial charge in [0, 0.05) is 15.3 Å². The summed E-state index contributed by atoms with van der Waals surface area (Å²) in [6.07, 6.45) is 1.19. The summed E-state index contributed by atoms with van der Waals surface area (Å²) < 4.78 is 0. The highest BCUT2D eigenvalue weighted by Crippen LogP contribution is 2.29. The minimum atomic E-state index is -0.0489. The van der Waals surface area contributed by atoms with E-state index < -0.39 is 0 Å². The molecule has 6 heteroatoms. The number of nitrogens with one attached hydrogen (secondary N) is 1. The van der Waals surface area contributed by atoms with Crippen molar-refractivity contribution in [2.75, 3.05) is 5.32 Å². The van der Waals surface area contributed by atoms with Crippen LogP contribution in [0.4, 0.5) is 5.13 Å². The number of hydrogen-bond donors (Lipinski definition) is 1. The third kappa shape index (κ3) is 3.71. The van der Waals surface area contributed by atoms with E-state index in [4.69, 9.17) is 0 Å². The molecule has 0 bridgehead atoms. The molecule has 0 saturated heterocycles. The molecular formula is C18H19N3OS2. The fraction of sp³-hybridized carbons (Fsp3) is 0.278. The van der Waals surface area contributed by atoms with Gasteiger partial charge in [0.1, 0.15) is 0 Å². The lowest BCUT2D eigenvalue weighted by atomic mass is 10.1. The summed E-state index contributed by atoms with van der Waals surface area (Å²) >= 11 is 3.10. The molecule has 0 radical (unpaired) electrons. The Morgan fingerprint density at radius 1 is 1.12 bits per heavy atom. The number of carbonyl (C=O) groups is 1. The molecular weight excluding hydrogens is 338 g/mol. The highest BCUT2D eigenvalue weighted by atomic mass is 32.1. The van der Waals surface area contributed by atoms with Gasteiger partial charge in [0.2, 0.25) is 5.91 Å². The lowest BCUT2D eigenvalue weighted by molar-refractivity contribution is -0.115. The predicted molar refractivity (Wildman–Crippen MR) is 101 cm³/mol. The molecule has 1 N–H and O–H groups in total. The number of nitrogens with zero attached hydrogens (tertiary/aromatic N) is 2. The van der Waals surface area contributed by atoms with Gasteiger partial charge < -0.3 is 5.32 Å². The molecule has 124 valence electrons. The van der Waals surface area contributed by atoms with Crippen molar-refractivity contribution in [2.24, 2.45) is 0 Å². The van der Waals surface area contributed by atoms with E-state index in [1.165, 1.54) is 11.3 Å². The van der Waals surface area contributed by atoms with Crippen molar-refractivity contribution in [3.05, 3.63) is 50.8 Å². The Kier molecular flexibility index (Phi) is 5.06. The summed E-state index contributed by atoms with van der Waals surface area (Å²) in [5, 5.41) is 4.57. The fourth-order valence-corrected chi connectivity index (χ4v) is 4.40. The van der Waals surface area contributed by atoms with Gasteiger partial charge in [0.25, 0.3) is 0 Å². The van der Waals surface area contributed by atoms with Crippen molar-refractivity contribution in [3.63, 3.8) is 0 Å². The van der Waals surface area contributed by atoms with Crippen molar-refractivity contribution in [3.8, 4) is 11.3 Å². The molecule has 3 rings (SSSR count). The van der Waals surface area contributed by atoms with Crippen LogP contribution >= 0.6 is 22.7 Å². The number of amides is 1. The number of thiazole rings is 2. The normalized spacial score (nSPS) is 10.8. The maximum absolute atomic E-state index is 12.4. The number of hydrogen-bond acceptors (Lipinski definition) is 5. The van der Waals surface area contributed by atoms with Gasteiger partial charge >= 0.3 is 0 Å². The number of aromatic nitrogens is 2. The predicted octanol–water partition coefficient (Wildman–Crippen LogP) is 4.63. The third-order valence-electron chi connectivity index (χ3n) is 3.65. The zero-order chi connectivity index (χ0) is 17.1. The molecule has 1 aromatic carbocycles. The summed E-state index contributed by atoms with van der Waals surface area (Å²) in [4.78, 5) is 23.6. The highest BCUT2D eigenvalue weighted by Gasteiger charge is 2.16. The fourth-order valence-electron chi connectivity index (χ4n) is 2.53. The number of rotatable bonds is 5. The average molecular weight is 358 g/mol. The Hall–Kier alpha value is -2.05. The Bertz CT molecular complexity index is 853. The first kappa shape index (κ1) is 16.8. The van der Waals surface area contributed by atoms with Gasteiger partial charge in [-0.2, -0.15) is 0 Å². The Morgan fingerprint density at radius 3 is 2.54 bits per heavy atom. The van der Waals surface area contributed by atoms with Crippen LogP contribution < -0.4 is 5.32 Å². The van der Waals surface area contributed by atoms with Crippen LogP contribution in [0.1, 0.15) is 27.4 Å². The van der Waals surface area contributed by atoms with Gasteiger partial charge in [-0.3, -0.25) is 4.79 Å². The molecule has 2 aromatic heterocycles. The number of aryl methyl sites for hydroxylation is 3. The smallest absolute Gasteiger partial charge is 0.231 e. The first-order valence-corrected chi connectivity index (χ1v) is 9.48. The largest absolute Gasteiger partial charge is 0.302 e. The van der Waals surface area contributed by atoms with E-state index in [9.17, 15) is 4.79 Å². The third-order valence-corrected chi connectivity index (χ3v) is 5.55. The zero-order valence-electron chi connectivity index (χ0n) is 13.9. The second-order valence-electron chi connectivity index (χ2n) is 5.47. The molecule has 0 aliphatic carbocycles. The van der Waals surface area contributed by atoms with E-state index in [1.54, 1.807) is 11.3 Å². The van der Waals surface area contributed by atoms with Crippen molar-refractivity contribution >= 4 is 33.7 Å². The van der Waals surface area contributed by atoms with Crippen LogP contribution in [-0.2, 0) is 17.6 Å². The molecule has 3 aromatic rings. The maximum atomic E-state index is 12.4. The highest BCUT2D eigenvalue weighted by molar-refractivity contribution is 7.15. The Labute approximate surface area is 149 Å². The van der Waals surface area contributed by atoms with E-state index in [-0.39, 0.29) is 5.91 Å². The van der Waals surface area contributed by atoms with Crippen LogP contribution in [0.2, 0.25) is 0 Å². The summed E-state index contributed by atoms with van der Waals surface area (Å²) in [7, 11) is 0. The van der Waals surface area contributed by atoms with Crippen molar-refractivity contribution < 1.29 is 4.79 Å². The molecule has 0 saturated carbocycles. The minimum Gasteiger partial charge on any atom is -0.302 e. The van der Waals surface area contributed by atoms with Gasteiger partial charge in [-0.25, -0.2) is 9.97 Å². The Morgan fingerprint density at radius 2 is 1.88 bits per heavy atom. The van der Waals surface area contributed by atoms with Crippen LogP contribution in [0.5, 0.6) is 0 Å². The number of benzene rings is 1. The number of carbonyl (C=O) groups excluding carboxylic acids is 1. The summed E-state index contributed by atoms with van der Waals surface area (Å²) in [5.41, 5.74) is 3.00. The molecule has 0 atom stereocenters. The second-order valence-corrected chi connectivity index (χ2v) is 7.96. The van der Waals surface area contributed by atoms with Crippen LogP contribution in [0.3, 0.4) is 0 Å². The molecule has 1 amide bonds. The monoisotopic (exact) mass is 357 g/mol. The first-order chi connectivity index (χ1) is 11.6. The molecule has 4 nitrogen and oxygen atoms in total. The molecule has 0 unspecified atom stereocenters. The van der Waals surface area contributed by atoms with E-state index in [0.29, 0.717) is 11.6 Å². The average Bonchev–Trinajstić information content (AvgIpc) is 3.10. The van der Waals surface area contributed by atoms with E-state index in [2.05, 4.69) is 22.2 Å². The van der Waals surface area contributed by atoms with Gasteiger partial charge in [0.15, 0.2) is 5.13 Å². The van der Waals surface area contributed by atoms with Gasteiger partial charge in [0.05, 0.1) is 22.8 Å². The van der Waals surface area contributed by atoms with Gasteiger partial charge in [-0.1, -0.05) is 37.3 Å². The first-order valence-electron chi connectivity index (χ1n) is 7.84.